The highest BCUT2D eigenvalue weighted by Crippen LogP contribution is 2.01. The first kappa shape index (κ1) is 7.80. The Morgan fingerprint density at radius 1 is 1.91 bits per heavy atom. The van der Waals surface area contributed by atoms with Gasteiger partial charge in [-0.2, -0.15) is 5.10 Å². The second-order valence-electron chi connectivity index (χ2n) is 2.18. The number of aliphatic hydroxyl groups is 1. The zero-order chi connectivity index (χ0) is 8.43. The predicted molar refractivity (Wildman–Crippen MR) is 36.6 cm³/mol. The first-order valence-electron chi connectivity index (χ1n) is 3.07. The Labute approximate surface area is 63.1 Å². The minimum atomic E-state index is -1.01. The van der Waals surface area contributed by atoms with Gasteiger partial charge in [0.05, 0.1) is 0 Å². The van der Waals surface area contributed by atoms with Gasteiger partial charge in [-0.15, -0.1) is 0 Å². The highest BCUT2D eigenvalue weighted by Gasteiger charge is 2.23. The van der Waals surface area contributed by atoms with E-state index in [2.05, 4.69) is 10.5 Å². The van der Waals surface area contributed by atoms with Crippen molar-refractivity contribution in [2.75, 3.05) is 6.54 Å². The number of rotatable bonds is 2. The molecule has 1 rings (SSSR count). The Bertz CT molecular complexity index is 203. The van der Waals surface area contributed by atoms with E-state index in [0.717, 1.165) is 0 Å². The fourth-order valence-electron chi connectivity index (χ4n) is 0.809. The quantitative estimate of drug-likeness (QED) is 0.460. The summed E-state index contributed by atoms with van der Waals surface area (Å²) in [5.41, 5.74) is 2.33. The molecule has 62 valence electrons. The molecule has 1 heterocycles. The monoisotopic (exact) mass is 159 g/mol. The Balaban J connectivity index is 2.56. The number of hydrazone groups is 1. The zero-order valence-electron chi connectivity index (χ0n) is 5.98. The molecule has 0 aromatic rings. The predicted octanol–water partition coefficient (Wildman–Crippen LogP) is -1.41. The summed E-state index contributed by atoms with van der Waals surface area (Å²) < 4.78 is 0. The van der Waals surface area contributed by atoms with E-state index in [4.69, 9.17) is 10.2 Å². The van der Waals surface area contributed by atoms with Crippen molar-refractivity contribution in [2.45, 2.75) is 13.3 Å². The van der Waals surface area contributed by atoms with Gasteiger partial charge in [0, 0.05) is 0 Å². The lowest BCUT2D eigenvalue weighted by Gasteiger charge is -2.18. The van der Waals surface area contributed by atoms with Crippen LogP contribution in [0.15, 0.2) is 5.10 Å². The van der Waals surface area contributed by atoms with Gasteiger partial charge in [0.1, 0.15) is 12.4 Å². The molecule has 1 aliphatic rings. The van der Waals surface area contributed by atoms with Gasteiger partial charge in [-0.05, 0) is 6.92 Å². The SMILES string of the molecule is CC1=NNC(O)N1CC(=O)O. The van der Waals surface area contributed by atoms with Crippen molar-refractivity contribution in [3.05, 3.63) is 0 Å². The molecular weight excluding hydrogens is 150 g/mol. The maximum atomic E-state index is 10.2. The minimum absolute atomic E-state index is 0.247. The molecule has 1 atom stereocenters. The third-order valence-corrected chi connectivity index (χ3v) is 1.36. The topological polar surface area (TPSA) is 85.2 Å². The number of carbonyl (C=O) groups is 1. The molecule has 0 spiro atoms. The third kappa shape index (κ3) is 1.58. The van der Waals surface area contributed by atoms with Crippen LogP contribution in [-0.4, -0.2) is 39.8 Å². The van der Waals surface area contributed by atoms with Crippen molar-refractivity contribution in [1.29, 1.82) is 0 Å². The average molecular weight is 159 g/mol. The maximum Gasteiger partial charge on any atom is 0.323 e. The summed E-state index contributed by atoms with van der Waals surface area (Å²) in [5.74, 6) is -0.526. The average Bonchev–Trinajstić information content (AvgIpc) is 2.18. The molecule has 1 aliphatic heterocycles. The summed E-state index contributed by atoms with van der Waals surface area (Å²) in [7, 11) is 0. The normalized spacial score (nSPS) is 22.9. The van der Waals surface area contributed by atoms with Gasteiger partial charge in [-0.1, -0.05) is 0 Å². The van der Waals surface area contributed by atoms with Crippen LogP contribution in [0.5, 0.6) is 0 Å². The van der Waals surface area contributed by atoms with E-state index in [0.29, 0.717) is 5.84 Å². The number of nitrogens with zero attached hydrogens (tertiary/aromatic N) is 2. The number of aliphatic hydroxyl groups excluding tert-OH is 1. The van der Waals surface area contributed by atoms with Crippen molar-refractivity contribution in [1.82, 2.24) is 10.3 Å². The Hall–Kier alpha value is -1.30. The van der Waals surface area contributed by atoms with Gasteiger partial charge in [-0.3, -0.25) is 10.2 Å². The van der Waals surface area contributed by atoms with Gasteiger partial charge in [0.15, 0.2) is 0 Å². The third-order valence-electron chi connectivity index (χ3n) is 1.36. The van der Waals surface area contributed by atoms with Crippen LogP contribution in [-0.2, 0) is 4.79 Å². The highest BCUT2D eigenvalue weighted by molar-refractivity contribution is 5.84. The number of carboxylic acid groups (broad SMARTS) is 1. The fourth-order valence-corrected chi connectivity index (χ4v) is 0.809. The minimum Gasteiger partial charge on any atom is -0.480 e. The van der Waals surface area contributed by atoms with Gasteiger partial charge in [-0.25, -0.2) is 0 Å². The molecule has 0 fully saturated rings. The summed E-state index contributed by atoms with van der Waals surface area (Å²) in [4.78, 5) is 11.4. The number of carboxylic acids is 1. The van der Waals surface area contributed by atoms with E-state index in [9.17, 15) is 4.79 Å². The van der Waals surface area contributed by atoms with E-state index in [1.807, 2.05) is 0 Å². The van der Waals surface area contributed by atoms with Gasteiger partial charge in [0.2, 0.25) is 6.35 Å². The van der Waals surface area contributed by atoms with E-state index in [1.54, 1.807) is 6.92 Å². The van der Waals surface area contributed by atoms with Gasteiger partial charge < -0.3 is 15.1 Å². The van der Waals surface area contributed by atoms with Crippen LogP contribution in [0, 0.1) is 0 Å². The molecule has 3 N–H and O–H groups in total. The summed E-state index contributed by atoms with van der Waals surface area (Å²) in [6, 6.07) is 0. The van der Waals surface area contributed by atoms with Crippen LogP contribution in [0.4, 0.5) is 0 Å². The van der Waals surface area contributed by atoms with Crippen molar-refractivity contribution >= 4 is 11.8 Å². The molecule has 0 aliphatic carbocycles. The maximum absolute atomic E-state index is 10.2. The Morgan fingerprint density at radius 3 is 2.91 bits per heavy atom. The molecular formula is C5H9N3O3. The lowest BCUT2D eigenvalue weighted by atomic mass is 10.5. The summed E-state index contributed by atoms with van der Waals surface area (Å²) in [6.45, 7) is 1.37. The smallest absolute Gasteiger partial charge is 0.323 e. The summed E-state index contributed by atoms with van der Waals surface area (Å²) in [5, 5.41) is 21.0. The Kier molecular flexibility index (Phi) is 1.95. The molecule has 0 bridgehead atoms. The molecule has 1 unspecified atom stereocenters. The van der Waals surface area contributed by atoms with Crippen molar-refractivity contribution in [3.63, 3.8) is 0 Å². The van der Waals surface area contributed by atoms with E-state index in [-0.39, 0.29) is 6.54 Å². The molecule has 0 saturated heterocycles. The van der Waals surface area contributed by atoms with E-state index < -0.39 is 12.3 Å². The fraction of sp³-hybridized carbons (Fsp3) is 0.600. The first-order chi connectivity index (χ1) is 5.11. The molecule has 11 heavy (non-hydrogen) atoms. The van der Waals surface area contributed by atoms with Crippen LogP contribution in [0.25, 0.3) is 0 Å². The molecule has 6 heteroatoms. The number of hydrogen-bond donors (Lipinski definition) is 3. The molecule has 0 aromatic carbocycles. The van der Waals surface area contributed by atoms with Crippen molar-refractivity contribution < 1.29 is 15.0 Å². The van der Waals surface area contributed by atoms with Crippen LogP contribution < -0.4 is 5.43 Å². The summed E-state index contributed by atoms with van der Waals surface area (Å²) >= 11 is 0. The van der Waals surface area contributed by atoms with Crippen molar-refractivity contribution in [3.8, 4) is 0 Å². The van der Waals surface area contributed by atoms with E-state index in [1.165, 1.54) is 4.90 Å². The Morgan fingerprint density at radius 2 is 2.55 bits per heavy atom. The van der Waals surface area contributed by atoms with E-state index >= 15 is 0 Å². The highest BCUT2D eigenvalue weighted by atomic mass is 16.4. The first-order valence-corrected chi connectivity index (χ1v) is 3.07. The number of amidine groups is 1. The second kappa shape index (κ2) is 2.75. The largest absolute Gasteiger partial charge is 0.480 e. The second-order valence-corrected chi connectivity index (χ2v) is 2.18. The zero-order valence-corrected chi connectivity index (χ0v) is 5.98. The molecule has 0 amide bonds. The molecule has 0 radical (unpaired) electrons. The van der Waals surface area contributed by atoms with Crippen molar-refractivity contribution in [2.24, 2.45) is 5.10 Å². The van der Waals surface area contributed by atoms with Crippen LogP contribution in [0.1, 0.15) is 6.92 Å². The van der Waals surface area contributed by atoms with Gasteiger partial charge in [0.25, 0.3) is 0 Å². The standard InChI is InChI=1S/C5H9N3O3/c1-3-6-7-5(11)8(3)2-4(9)10/h5,7,11H,2H2,1H3,(H,9,10). The molecule has 0 saturated carbocycles. The molecule has 0 aromatic heterocycles. The van der Waals surface area contributed by atoms with Crippen LogP contribution >= 0.6 is 0 Å². The number of hydrogen-bond acceptors (Lipinski definition) is 5. The molecule has 6 nitrogen and oxygen atoms in total. The lowest BCUT2D eigenvalue weighted by molar-refractivity contribution is -0.139. The number of nitrogens with one attached hydrogen (secondary N) is 1. The summed E-state index contributed by atoms with van der Waals surface area (Å²) in [6.07, 6.45) is -1.01. The van der Waals surface area contributed by atoms with Crippen LogP contribution in [0.3, 0.4) is 0 Å². The van der Waals surface area contributed by atoms with Crippen LogP contribution in [0.2, 0.25) is 0 Å². The number of aliphatic carboxylic acids is 1. The lowest BCUT2D eigenvalue weighted by Crippen LogP contribution is -2.42. The van der Waals surface area contributed by atoms with Gasteiger partial charge >= 0.3 is 5.97 Å².